The summed E-state index contributed by atoms with van der Waals surface area (Å²) in [6.07, 6.45) is 1.96. The Hall–Kier alpha value is -2.27. The molecule has 2 N–H and O–H groups in total. The predicted octanol–water partition coefficient (Wildman–Crippen LogP) is 3.28. The van der Waals surface area contributed by atoms with Crippen molar-refractivity contribution in [2.75, 3.05) is 11.6 Å². The smallest absolute Gasteiger partial charge is 0.313 e. The molecule has 0 radical (unpaired) electrons. The molecule has 0 aliphatic rings. The largest absolute Gasteiger partial charge is 0.344 e. The third-order valence-electron chi connectivity index (χ3n) is 3.47. The van der Waals surface area contributed by atoms with Crippen molar-refractivity contribution in [3.8, 4) is 0 Å². The van der Waals surface area contributed by atoms with Crippen molar-refractivity contribution in [3.63, 3.8) is 0 Å². The average molecular weight is 328 g/mol. The van der Waals surface area contributed by atoms with E-state index in [0.29, 0.717) is 12.2 Å². The van der Waals surface area contributed by atoms with Crippen LogP contribution in [0.15, 0.2) is 47.4 Å². The van der Waals surface area contributed by atoms with Crippen molar-refractivity contribution in [3.05, 3.63) is 59.2 Å². The van der Waals surface area contributed by atoms with Crippen LogP contribution in [0.25, 0.3) is 0 Å². The van der Waals surface area contributed by atoms with E-state index in [1.54, 1.807) is 17.8 Å². The minimum Gasteiger partial charge on any atom is -0.344 e. The van der Waals surface area contributed by atoms with Gasteiger partial charge >= 0.3 is 11.8 Å². The molecule has 0 heterocycles. The van der Waals surface area contributed by atoms with Crippen LogP contribution in [0.5, 0.6) is 0 Å². The van der Waals surface area contributed by atoms with Crippen molar-refractivity contribution in [2.24, 2.45) is 0 Å². The topological polar surface area (TPSA) is 58.2 Å². The molecule has 0 unspecified atom stereocenters. The number of amides is 2. The van der Waals surface area contributed by atoms with E-state index < -0.39 is 11.8 Å². The van der Waals surface area contributed by atoms with Gasteiger partial charge in [-0.1, -0.05) is 29.8 Å². The van der Waals surface area contributed by atoms with E-state index in [-0.39, 0.29) is 0 Å². The second-order valence-electron chi connectivity index (χ2n) is 5.30. The normalized spacial score (nSPS) is 10.2. The van der Waals surface area contributed by atoms with Crippen molar-refractivity contribution in [2.45, 2.75) is 25.3 Å². The van der Waals surface area contributed by atoms with Crippen LogP contribution < -0.4 is 10.6 Å². The number of anilines is 1. The number of aryl methyl sites for hydroxylation is 2. The fraction of sp³-hybridized carbons (Fsp3) is 0.222. The van der Waals surface area contributed by atoms with Crippen LogP contribution in [-0.4, -0.2) is 18.1 Å². The van der Waals surface area contributed by atoms with Gasteiger partial charge in [0.2, 0.25) is 0 Å². The first kappa shape index (κ1) is 17.1. The number of hydrogen-bond donors (Lipinski definition) is 2. The van der Waals surface area contributed by atoms with Crippen LogP contribution in [0.2, 0.25) is 0 Å². The molecule has 0 fully saturated rings. The molecule has 0 aliphatic heterocycles. The maximum absolute atomic E-state index is 11.9. The van der Waals surface area contributed by atoms with Crippen LogP contribution in [0.3, 0.4) is 0 Å². The summed E-state index contributed by atoms with van der Waals surface area (Å²) in [6, 6.07) is 13.4. The third-order valence-corrected chi connectivity index (χ3v) is 4.20. The highest BCUT2D eigenvalue weighted by Gasteiger charge is 2.13. The Morgan fingerprint density at radius 1 is 1.04 bits per heavy atom. The second kappa shape index (κ2) is 7.83. The first-order valence-electron chi connectivity index (χ1n) is 7.29. The van der Waals surface area contributed by atoms with Crippen molar-refractivity contribution in [1.29, 1.82) is 0 Å². The average Bonchev–Trinajstić information content (AvgIpc) is 2.54. The van der Waals surface area contributed by atoms with Crippen LogP contribution >= 0.6 is 11.8 Å². The predicted molar refractivity (Wildman–Crippen MR) is 94.6 cm³/mol. The van der Waals surface area contributed by atoms with Gasteiger partial charge in [-0.05, 0) is 49.4 Å². The fourth-order valence-corrected chi connectivity index (χ4v) is 2.65. The highest BCUT2D eigenvalue weighted by Crippen LogP contribution is 2.18. The summed E-state index contributed by atoms with van der Waals surface area (Å²) in [4.78, 5) is 24.9. The van der Waals surface area contributed by atoms with Crippen LogP contribution in [0, 0.1) is 13.8 Å². The van der Waals surface area contributed by atoms with Gasteiger partial charge in [0.25, 0.3) is 0 Å². The second-order valence-corrected chi connectivity index (χ2v) is 6.18. The molecule has 0 aliphatic carbocycles. The molecule has 0 saturated heterocycles. The molecule has 5 heteroatoms. The quantitative estimate of drug-likeness (QED) is 0.669. The molecule has 4 nitrogen and oxygen atoms in total. The van der Waals surface area contributed by atoms with Gasteiger partial charge in [-0.2, -0.15) is 0 Å². The fourth-order valence-electron chi connectivity index (χ4n) is 2.19. The summed E-state index contributed by atoms with van der Waals surface area (Å²) in [7, 11) is 0. The van der Waals surface area contributed by atoms with Crippen LogP contribution in [-0.2, 0) is 16.1 Å². The van der Waals surface area contributed by atoms with E-state index in [0.717, 1.165) is 16.0 Å². The molecule has 2 rings (SSSR count). The molecule has 23 heavy (non-hydrogen) atoms. The first-order chi connectivity index (χ1) is 11.0. The Bertz CT molecular complexity index is 729. The number of carbonyl (C=O) groups is 2. The van der Waals surface area contributed by atoms with Gasteiger partial charge in [0.1, 0.15) is 0 Å². The van der Waals surface area contributed by atoms with E-state index in [4.69, 9.17) is 0 Å². The molecule has 0 spiro atoms. The number of thioether (sulfide) groups is 1. The summed E-state index contributed by atoms with van der Waals surface area (Å²) >= 11 is 1.58. The Morgan fingerprint density at radius 3 is 2.52 bits per heavy atom. The van der Waals surface area contributed by atoms with E-state index in [1.165, 1.54) is 5.56 Å². The number of carbonyl (C=O) groups excluding carboxylic acids is 2. The molecule has 0 aromatic heterocycles. The maximum atomic E-state index is 11.9. The summed E-state index contributed by atoms with van der Waals surface area (Å²) < 4.78 is 0. The third kappa shape index (κ3) is 4.86. The molecule has 120 valence electrons. The molecule has 0 saturated carbocycles. The SMILES string of the molecule is CSc1cccc(NC(=O)C(=O)NCc2ccc(C)cc2C)c1. The summed E-state index contributed by atoms with van der Waals surface area (Å²) in [6.45, 7) is 4.34. The number of nitrogens with one attached hydrogen (secondary N) is 2. The van der Waals surface area contributed by atoms with Crippen molar-refractivity contribution in [1.82, 2.24) is 5.32 Å². The lowest BCUT2D eigenvalue weighted by Crippen LogP contribution is -2.35. The Labute approximate surface area is 140 Å². The summed E-state index contributed by atoms with van der Waals surface area (Å²) in [5, 5.41) is 5.26. The van der Waals surface area contributed by atoms with Crippen molar-refractivity contribution < 1.29 is 9.59 Å². The van der Waals surface area contributed by atoms with E-state index in [1.807, 2.05) is 50.4 Å². The number of hydrogen-bond acceptors (Lipinski definition) is 3. The lowest BCUT2D eigenvalue weighted by molar-refractivity contribution is -0.136. The monoisotopic (exact) mass is 328 g/mol. The Morgan fingerprint density at radius 2 is 1.83 bits per heavy atom. The number of benzene rings is 2. The molecular formula is C18H20N2O2S. The van der Waals surface area contributed by atoms with Gasteiger partial charge in [-0.3, -0.25) is 9.59 Å². The molecule has 0 bridgehead atoms. The highest BCUT2D eigenvalue weighted by atomic mass is 32.2. The maximum Gasteiger partial charge on any atom is 0.313 e. The first-order valence-corrected chi connectivity index (χ1v) is 8.51. The zero-order chi connectivity index (χ0) is 16.8. The zero-order valence-corrected chi connectivity index (χ0v) is 14.3. The lowest BCUT2D eigenvalue weighted by Gasteiger charge is -2.09. The summed E-state index contributed by atoms with van der Waals surface area (Å²) in [5.41, 5.74) is 3.88. The van der Waals surface area contributed by atoms with Gasteiger partial charge < -0.3 is 10.6 Å². The van der Waals surface area contributed by atoms with Gasteiger partial charge in [-0.15, -0.1) is 11.8 Å². The number of rotatable bonds is 4. The zero-order valence-electron chi connectivity index (χ0n) is 13.5. The molecule has 2 aromatic rings. The lowest BCUT2D eigenvalue weighted by atomic mass is 10.1. The van der Waals surface area contributed by atoms with Crippen LogP contribution in [0.4, 0.5) is 5.69 Å². The van der Waals surface area contributed by atoms with Crippen LogP contribution in [0.1, 0.15) is 16.7 Å². The van der Waals surface area contributed by atoms with Gasteiger partial charge in [-0.25, -0.2) is 0 Å². The van der Waals surface area contributed by atoms with Gasteiger partial charge in [0.05, 0.1) is 0 Å². The Balaban J connectivity index is 1.93. The van der Waals surface area contributed by atoms with Gasteiger partial charge in [0, 0.05) is 17.1 Å². The molecular weight excluding hydrogens is 308 g/mol. The molecule has 2 amide bonds. The van der Waals surface area contributed by atoms with Crippen molar-refractivity contribution >= 4 is 29.3 Å². The minimum atomic E-state index is -0.659. The van der Waals surface area contributed by atoms with E-state index in [2.05, 4.69) is 16.7 Å². The Kier molecular flexibility index (Phi) is 5.82. The van der Waals surface area contributed by atoms with E-state index in [9.17, 15) is 9.59 Å². The molecule has 2 aromatic carbocycles. The highest BCUT2D eigenvalue weighted by molar-refractivity contribution is 7.98. The standard InChI is InChI=1S/C18H20N2O2S/c1-12-7-8-14(13(2)9-12)11-19-17(21)18(22)20-15-5-4-6-16(10-15)23-3/h4-10H,11H2,1-3H3,(H,19,21)(H,20,22). The molecule has 0 atom stereocenters. The minimum absolute atomic E-state index is 0.337. The summed E-state index contributed by atoms with van der Waals surface area (Å²) in [5.74, 6) is -1.30. The van der Waals surface area contributed by atoms with Gasteiger partial charge in [0.15, 0.2) is 0 Å². The van der Waals surface area contributed by atoms with E-state index >= 15 is 0 Å².